The standard InChI is InChI=1S/C18H21NOS/c1-4-21-16-9-7-15(8-10-16)12-18(20)19-17-11-13(2)5-6-14(17)3/h5-11H,4,12H2,1-3H3,(H,19,20). The molecule has 0 atom stereocenters. The number of benzene rings is 2. The van der Waals surface area contributed by atoms with Crippen molar-refractivity contribution in [2.75, 3.05) is 11.1 Å². The Kier molecular flexibility index (Phi) is 5.45. The normalized spacial score (nSPS) is 10.4. The summed E-state index contributed by atoms with van der Waals surface area (Å²) in [5, 5.41) is 3.00. The van der Waals surface area contributed by atoms with Gasteiger partial charge in [0.15, 0.2) is 0 Å². The third-order valence-electron chi connectivity index (χ3n) is 3.27. The summed E-state index contributed by atoms with van der Waals surface area (Å²) in [4.78, 5) is 13.4. The summed E-state index contributed by atoms with van der Waals surface area (Å²) < 4.78 is 0. The Morgan fingerprint density at radius 1 is 1.10 bits per heavy atom. The smallest absolute Gasteiger partial charge is 0.228 e. The molecule has 0 saturated heterocycles. The maximum Gasteiger partial charge on any atom is 0.228 e. The van der Waals surface area contributed by atoms with Gasteiger partial charge in [-0.15, -0.1) is 11.8 Å². The third kappa shape index (κ3) is 4.64. The van der Waals surface area contributed by atoms with Crippen LogP contribution in [0.5, 0.6) is 0 Å². The van der Waals surface area contributed by atoms with Gasteiger partial charge in [-0.25, -0.2) is 0 Å². The highest BCUT2D eigenvalue weighted by molar-refractivity contribution is 7.99. The number of aryl methyl sites for hydroxylation is 2. The molecule has 0 aliphatic carbocycles. The Morgan fingerprint density at radius 3 is 2.48 bits per heavy atom. The lowest BCUT2D eigenvalue weighted by molar-refractivity contribution is -0.115. The average molecular weight is 299 g/mol. The van der Waals surface area contributed by atoms with Gasteiger partial charge in [-0.2, -0.15) is 0 Å². The largest absolute Gasteiger partial charge is 0.326 e. The minimum Gasteiger partial charge on any atom is -0.326 e. The van der Waals surface area contributed by atoms with Gasteiger partial charge in [0, 0.05) is 10.6 Å². The fraction of sp³-hybridized carbons (Fsp3) is 0.278. The second kappa shape index (κ2) is 7.32. The minimum atomic E-state index is 0.0274. The number of hydrogen-bond acceptors (Lipinski definition) is 2. The van der Waals surface area contributed by atoms with Crippen LogP contribution >= 0.6 is 11.8 Å². The predicted molar refractivity (Wildman–Crippen MR) is 91.1 cm³/mol. The van der Waals surface area contributed by atoms with Crippen molar-refractivity contribution in [2.45, 2.75) is 32.1 Å². The van der Waals surface area contributed by atoms with Crippen molar-refractivity contribution in [3.05, 3.63) is 59.2 Å². The Bertz CT molecular complexity index is 620. The molecule has 0 aromatic heterocycles. The van der Waals surface area contributed by atoms with E-state index in [4.69, 9.17) is 0 Å². The molecule has 2 aromatic carbocycles. The summed E-state index contributed by atoms with van der Waals surface area (Å²) in [6.07, 6.45) is 0.407. The van der Waals surface area contributed by atoms with E-state index in [2.05, 4.69) is 30.4 Å². The van der Waals surface area contributed by atoms with E-state index >= 15 is 0 Å². The number of anilines is 1. The van der Waals surface area contributed by atoms with Crippen LogP contribution in [-0.2, 0) is 11.2 Å². The van der Waals surface area contributed by atoms with Crippen LogP contribution in [0.25, 0.3) is 0 Å². The molecule has 0 spiro atoms. The lowest BCUT2D eigenvalue weighted by atomic mass is 10.1. The molecule has 110 valence electrons. The second-order valence-corrected chi connectivity index (χ2v) is 6.46. The van der Waals surface area contributed by atoms with Gasteiger partial charge >= 0.3 is 0 Å². The molecule has 1 amide bonds. The van der Waals surface area contributed by atoms with Crippen LogP contribution in [0, 0.1) is 13.8 Å². The number of carbonyl (C=O) groups excluding carboxylic acids is 1. The first kappa shape index (κ1) is 15.6. The van der Waals surface area contributed by atoms with Gasteiger partial charge in [0.05, 0.1) is 6.42 Å². The number of rotatable bonds is 5. The van der Waals surface area contributed by atoms with E-state index in [1.54, 1.807) is 0 Å². The molecule has 2 rings (SSSR count). The molecule has 1 N–H and O–H groups in total. The van der Waals surface area contributed by atoms with E-state index in [-0.39, 0.29) is 5.91 Å². The number of hydrogen-bond donors (Lipinski definition) is 1. The molecule has 0 aliphatic heterocycles. The molecule has 3 heteroatoms. The molecular weight excluding hydrogens is 278 g/mol. The van der Waals surface area contributed by atoms with E-state index in [0.29, 0.717) is 6.42 Å². The Hall–Kier alpha value is -1.74. The summed E-state index contributed by atoms with van der Waals surface area (Å²) in [7, 11) is 0. The van der Waals surface area contributed by atoms with E-state index in [1.165, 1.54) is 4.90 Å². The first-order chi connectivity index (χ1) is 10.1. The van der Waals surface area contributed by atoms with Gasteiger partial charge < -0.3 is 5.32 Å². The highest BCUT2D eigenvalue weighted by Gasteiger charge is 2.06. The fourth-order valence-corrected chi connectivity index (χ4v) is 2.78. The lowest BCUT2D eigenvalue weighted by Crippen LogP contribution is -2.15. The van der Waals surface area contributed by atoms with Gasteiger partial charge in [0.25, 0.3) is 0 Å². The van der Waals surface area contributed by atoms with E-state index < -0.39 is 0 Å². The molecule has 0 saturated carbocycles. The first-order valence-electron chi connectivity index (χ1n) is 7.17. The highest BCUT2D eigenvalue weighted by atomic mass is 32.2. The second-order valence-electron chi connectivity index (χ2n) is 5.12. The Labute approximate surface area is 131 Å². The summed E-state index contributed by atoms with van der Waals surface area (Å²) in [6, 6.07) is 14.3. The van der Waals surface area contributed by atoms with Crippen molar-refractivity contribution in [3.63, 3.8) is 0 Å². The van der Waals surface area contributed by atoms with Crippen molar-refractivity contribution in [1.29, 1.82) is 0 Å². The molecule has 2 nitrogen and oxygen atoms in total. The maximum atomic E-state index is 12.1. The van der Waals surface area contributed by atoms with Crippen molar-refractivity contribution in [3.8, 4) is 0 Å². The first-order valence-corrected chi connectivity index (χ1v) is 8.16. The minimum absolute atomic E-state index is 0.0274. The van der Waals surface area contributed by atoms with Crippen LogP contribution in [0.4, 0.5) is 5.69 Å². The Balaban J connectivity index is 1.99. The van der Waals surface area contributed by atoms with Gasteiger partial charge in [-0.05, 0) is 54.5 Å². The van der Waals surface area contributed by atoms with Crippen molar-refractivity contribution in [2.24, 2.45) is 0 Å². The number of carbonyl (C=O) groups is 1. The van der Waals surface area contributed by atoms with E-state index in [1.807, 2.05) is 49.9 Å². The zero-order valence-electron chi connectivity index (χ0n) is 12.8. The highest BCUT2D eigenvalue weighted by Crippen LogP contribution is 2.19. The van der Waals surface area contributed by atoms with Gasteiger partial charge in [0.2, 0.25) is 5.91 Å². The zero-order valence-corrected chi connectivity index (χ0v) is 13.6. The molecule has 2 aromatic rings. The number of nitrogens with one attached hydrogen (secondary N) is 1. The fourth-order valence-electron chi connectivity index (χ4n) is 2.12. The van der Waals surface area contributed by atoms with Crippen molar-refractivity contribution >= 4 is 23.4 Å². The maximum absolute atomic E-state index is 12.1. The molecule has 0 unspecified atom stereocenters. The van der Waals surface area contributed by atoms with Crippen molar-refractivity contribution in [1.82, 2.24) is 0 Å². The summed E-state index contributed by atoms with van der Waals surface area (Å²) in [6.45, 7) is 6.17. The summed E-state index contributed by atoms with van der Waals surface area (Å²) in [5.74, 6) is 1.09. The topological polar surface area (TPSA) is 29.1 Å². The molecule has 0 heterocycles. The van der Waals surface area contributed by atoms with Gasteiger partial charge in [-0.1, -0.05) is 31.2 Å². The van der Waals surface area contributed by atoms with E-state index in [9.17, 15) is 4.79 Å². The molecule has 0 aliphatic rings. The average Bonchev–Trinajstić information content (AvgIpc) is 2.45. The van der Waals surface area contributed by atoms with Crippen LogP contribution in [0.2, 0.25) is 0 Å². The Morgan fingerprint density at radius 2 is 1.81 bits per heavy atom. The van der Waals surface area contributed by atoms with Gasteiger partial charge in [-0.3, -0.25) is 4.79 Å². The van der Waals surface area contributed by atoms with Crippen LogP contribution in [0.3, 0.4) is 0 Å². The van der Waals surface area contributed by atoms with Crippen LogP contribution in [0.15, 0.2) is 47.4 Å². The SMILES string of the molecule is CCSc1ccc(CC(=O)Nc2cc(C)ccc2C)cc1. The molecular formula is C18H21NOS. The molecule has 0 radical (unpaired) electrons. The lowest BCUT2D eigenvalue weighted by Gasteiger charge is -2.09. The van der Waals surface area contributed by atoms with Crippen LogP contribution in [-0.4, -0.2) is 11.7 Å². The third-order valence-corrected chi connectivity index (χ3v) is 4.16. The summed E-state index contributed by atoms with van der Waals surface area (Å²) >= 11 is 1.81. The zero-order chi connectivity index (χ0) is 15.2. The van der Waals surface area contributed by atoms with Gasteiger partial charge in [0.1, 0.15) is 0 Å². The molecule has 21 heavy (non-hydrogen) atoms. The quantitative estimate of drug-likeness (QED) is 0.818. The van der Waals surface area contributed by atoms with Crippen LogP contribution in [0.1, 0.15) is 23.6 Å². The summed E-state index contributed by atoms with van der Waals surface area (Å²) in [5.41, 5.74) is 4.18. The number of amides is 1. The van der Waals surface area contributed by atoms with Crippen molar-refractivity contribution < 1.29 is 4.79 Å². The van der Waals surface area contributed by atoms with E-state index in [0.717, 1.165) is 28.1 Å². The predicted octanol–water partition coefficient (Wildman–Crippen LogP) is 4.60. The molecule has 0 bridgehead atoms. The van der Waals surface area contributed by atoms with Crippen LogP contribution < -0.4 is 5.32 Å². The monoisotopic (exact) mass is 299 g/mol. The number of thioether (sulfide) groups is 1. The molecule has 0 fully saturated rings.